The van der Waals surface area contributed by atoms with E-state index in [2.05, 4.69) is 10.2 Å². The third-order valence-electron chi connectivity index (χ3n) is 5.82. The molecule has 2 aromatic rings. The fourth-order valence-electron chi connectivity index (χ4n) is 3.89. The second-order valence-electron chi connectivity index (χ2n) is 8.09. The summed E-state index contributed by atoms with van der Waals surface area (Å²) < 4.78 is 34.1. The molecule has 1 heterocycles. The number of rotatable bonds is 7. The fraction of sp³-hybridized carbons (Fsp3) is 0.435. The van der Waals surface area contributed by atoms with Gasteiger partial charge in [0.1, 0.15) is 12.4 Å². The zero-order valence-corrected chi connectivity index (χ0v) is 17.1. The number of benzene rings is 2. The van der Waals surface area contributed by atoms with Crippen molar-refractivity contribution >= 4 is 5.91 Å². The van der Waals surface area contributed by atoms with E-state index in [-0.39, 0.29) is 36.8 Å². The molecule has 1 saturated carbocycles. The van der Waals surface area contributed by atoms with Gasteiger partial charge in [-0.1, -0.05) is 30.3 Å². The maximum absolute atomic E-state index is 14.5. The molecule has 2 atom stereocenters. The van der Waals surface area contributed by atoms with Crippen molar-refractivity contribution < 1.29 is 18.3 Å². The Hall–Kier alpha value is -2.51. The third-order valence-corrected chi connectivity index (χ3v) is 5.82. The topological polar surface area (TPSA) is 44.8 Å². The average Bonchev–Trinajstić information content (AvgIpc) is 3.52. The van der Waals surface area contributed by atoms with Gasteiger partial charge >= 0.3 is 0 Å². The first-order valence-corrected chi connectivity index (χ1v) is 10.4. The molecule has 0 aromatic heterocycles. The minimum absolute atomic E-state index is 0.0155. The molecule has 1 aliphatic carbocycles. The first kappa shape index (κ1) is 20.8. The molecule has 7 heteroatoms. The lowest BCUT2D eigenvalue weighted by atomic mass is 10.1. The Morgan fingerprint density at radius 2 is 1.87 bits per heavy atom. The second kappa shape index (κ2) is 9.10. The monoisotopic (exact) mass is 415 g/mol. The number of carbonyl (C=O) groups is 1. The van der Waals surface area contributed by atoms with Gasteiger partial charge in [-0.15, -0.1) is 0 Å². The highest BCUT2D eigenvalue weighted by Gasteiger charge is 2.41. The largest absolute Gasteiger partial charge is 0.486 e. The third kappa shape index (κ3) is 4.96. The van der Waals surface area contributed by atoms with Gasteiger partial charge in [-0.2, -0.15) is 0 Å². The summed E-state index contributed by atoms with van der Waals surface area (Å²) in [5.41, 5.74) is 1.43. The van der Waals surface area contributed by atoms with E-state index < -0.39 is 11.6 Å². The molecule has 1 amide bonds. The molecule has 0 bridgehead atoms. The molecule has 30 heavy (non-hydrogen) atoms. The van der Waals surface area contributed by atoms with Crippen molar-refractivity contribution in [1.82, 2.24) is 15.1 Å². The van der Waals surface area contributed by atoms with E-state index >= 15 is 0 Å². The number of hydrogen-bond acceptors (Lipinski definition) is 4. The van der Waals surface area contributed by atoms with Gasteiger partial charge in [0.25, 0.3) is 0 Å². The molecule has 5 nitrogen and oxygen atoms in total. The smallest absolute Gasteiger partial charge is 0.236 e. The van der Waals surface area contributed by atoms with Crippen molar-refractivity contribution in [3.8, 4) is 5.75 Å². The van der Waals surface area contributed by atoms with Crippen LogP contribution >= 0.6 is 0 Å². The van der Waals surface area contributed by atoms with Crippen LogP contribution in [0.3, 0.4) is 0 Å². The van der Waals surface area contributed by atoms with Crippen molar-refractivity contribution in [2.45, 2.75) is 25.0 Å². The maximum Gasteiger partial charge on any atom is 0.236 e. The van der Waals surface area contributed by atoms with Crippen molar-refractivity contribution in [3.05, 3.63) is 65.2 Å². The first-order chi connectivity index (χ1) is 14.5. The molecule has 0 spiro atoms. The molecule has 160 valence electrons. The number of hydrogen-bond donors (Lipinski definition) is 1. The van der Waals surface area contributed by atoms with Crippen LogP contribution in [0.25, 0.3) is 0 Å². The zero-order valence-electron chi connectivity index (χ0n) is 17.1. The number of nitrogens with zero attached hydrogens (tertiary/aromatic N) is 2. The standard InChI is InChI=1S/C23H27F2N3O2/c1-27-7-9-28(10-8-27)22(29)14-26-21-13-18(21)19-11-17(24)12-20(25)23(19)30-15-16-5-3-2-4-6-16/h2-6,11-12,18,21,26H,7-10,13-15H2,1H3. The Kier molecular flexibility index (Phi) is 6.29. The molecule has 2 fully saturated rings. The number of likely N-dealkylation sites (N-methyl/N-ethyl adjacent to an activating group) is 1. The van der Waals surface area contributed by atoms with Crippen molar-refractivity contribution in [1.29, 1.82) is 0 Å². The first-order valence-electron chi connectivity index (χ1n) is 10.4. The number of carbonyl (C=O) groups excluding carboxylic acids is 1. The van der Waals surface area contributed by atoms with Crippen LogP contribution in [-0.4, -0.2) is 61.5 Å². The fourth-order valence-corrected chi connectivity index (χ4v) is 3.89. The highest BCUT2D eigenvalue weighted by Crippen LogP contribution is 2.46. The van der Waals surface area contributed by atoms with Gasteiger partial charge in [0.15, 0.2) is 11.6 Å². The molecule has 0 radical (unpaired) electrons. The maximum atomic E-state index is 14.5. The van der Waals surface area contributed by atoms with E-state index in [1.807, 2.05) is 42.3 Å². The number of halogens is 2. The van der Waals surface area contributed by atoms with Crippen LogP contribution in [0.1, 0.15) is 23.5 Å². The van der Waals surface area contributed by atoms with Crippen LogP contribution in [-0.2, 0) is 11.4 Å². The van der Waals surface area contributed by atoms with E-state index in [1.165, 1.54) is 6.07 Å². The summed E-state index contributed by atoms with van der Waals surface area (Å²) >= 11 is 0. The predicted molar refractivity (Wildman–Crippen MR) is 110 cm³/mol. The predicted octanol–water partition coefficient (Wildman–Crippen LogP) is 2.76. The van der Waals surface area contributed by atoms with E-state index in [0.29, 0.717) is 5.56 Å². The lowest BCUT2D eigenvalue weighted by Gasteiger charge is -2.32. The van der Waals surface area contributed by atoms with E-state index in [9.17, 15) is 13.6 Å². The summed E-state index contributed by atoms with van der Waals surface area (Å²) in [5.74, 6) is -1.21. The normalized spacial score (nSPS) is 21.5. The van der Waals surface area contributed by atoms with Crippen LogP contribution in [0.4, 0.5) is 8.78 Å². The van der Waals surface area contributed by atoms with Gasteiger partial charge in [-0.25, -0.2) is 8.78 Å². The van der Waals surface area contributed by atoms with Crippen LogP contribution in [0.5, 0.6) is 5.75 Å². The van der Waals surface area contributed by atoms with Gasteiger partial charge in [0.05, 0.1) is 6.54 Å². The van der Waals surface area contributed by atoms with Crippen molar-refractivity contribution in [2.24, 2.45) is 0 Å². The number of nitrogens with one attached hydrogen (secondary N) is 1. The van der Waals surface area contributed by atoms with Crippen molar-refractivity contribution in [2.75, 3.05) is 39.8 Å². The van der Waals surface area contributed by atoms with E-state index in [4.69, 9.17) is 4.74 Å². The van der Waals surface area contributed by atoms with Crippen molar-refractivity contribution in [3.63, 3.8) is 0 Å². The highest BCUT2D eigenvalue weighted by molar-refractivity contribution is 5.78. The average molecular weight is 415 g/mol. The van der Waals surface area contributed by atoms with Crippen LogP contribution < -0.4 is 10.1 Å². The molecule has 1 aliphatic heterocycles. The van der Waals surface area contributed by atoms with Gasteiger partial charge in [0, 0.05) is 49.8 Å². The summed E-state index contributed by atoms with van der Waals surface area (Å²) in [6, 6.07) is 11.7. The number of amides is 1. The number of piperazine rings is 1. The SMILES string of the molecule is CN1CCN(C(=O)CNC2CC2c2cc(F)cc(F)c2OCc2ccccc2)CC1. The van der Waals surface area contributed by atoms with Gasteiger partial charge in [-0.3, -0.25) is 4.79 Å². The second-order valence-corrected chi connectivity index (χ2v) is 8.09. The Balaban J connectivity index is 1.36. The van der Waals surface area contributed by atoms with Crippen LogP contribution in [0, 0.1) is 11.6 Å². The highest BCUT2D eigenvalue weighted by atomic mass is 19.1. The lowest BCUT2D eigenvalue weighted by molar-refractivity contribution is -0.131. The Labute approximate surface area is 175 Å². The summed E-state index contributed by atoms with van der Waals surface area (Å²) in [7, 11) is 2.05. The molecular weight excluding hydrogens is 388 g/mol. The minimum Gasteiger partial charge on any atom is -0.486 e. The molecule has 2 aromatic carbocycles. The van der Waals surface area contributed by atoms with Gasteiger partial charge in [-0.05, 0) is 25.1 Å². The van der Waals surface area contributed by atoms with E-state index in [0.717, 1.165) is 44.2 Å². The van der Waals surface area contributed by atoms with Gasteiger partial charge < -0.3 is 19.9 Å². The molecule has 2 unspecified atom stereocenters. The summed E-state index contributed by atoms with van der Waals surface area (Å²) in [5, 5.41) is 3.25. The molecule has 2 aliphatic rings. The lowest BCUT2D eigenvalue weighted by Crippen LogP contribution is -2.49. The van der Waals surface area contributed by atoms with E-state index in [1.54, 1.807) is 0 Å². The Morgan fingerprint density at radius 1 is 1.13 bits per heavy atom. The summed E-state index contributed by atoms with van der Waals surface area (Å²) in [6.45, 7) is 3.67. The van der Waals surface area contributed by atoms with Gasteiger partial charge in [0.2, 0.25) is 5.91 Å². The summed E-state index contributed by atoms with van der Waals surface area (Å²) in [4.78, 5) is 16.5. The Morgan fingerprint density at radius 3 is 2.60 bits per heavy atom. The molecular formula is C23H27F2N3O2. The molecule has 1 N–H and O–H groups in total. The summed E-state index contributed by atoms with van der Waals surface area (Å²) in [6.07, 6.45) is 0.723. The quantitative estimate of drug-likeness (QED) is 0.756. The Bertz CT molecular complexity index is 886. The van der Waals surface area contributed by atoms with Crippen LogP contribution in [0.2, 0.25) is 0 Å². The minimum atomic E-state index is -0.694. The molecule has 1 saturated heterocycles. The zero-order chi connectivity index (χ0) is 21.1. The molecule has 4 rings (SSSR count). The van der Waals surface area contributed by atoms with Crippen LogP contribution in [0.15, 0.2) is 42.5 Å². The number of ether oxygens (including phenoxy) is 1.